The highest BCUT2D eigenvalue weighted by atomic mass is 32.2. The summed E-state index contributed by atoms with van der Waals surface area (Å²) in [6.45, 7) is 2.11. The zero-order chi connectivity index (χ0) is 8.69. The molecule has 0 aromatic heterocycles. The first kappa shape index (κ1) is 10.4. The van der Waals surface area contributed by atoms with Gasteiger partial charge in [-0.2, -0.15) is 5.26 Å². The van der Waals surface area contributed by atoms with E-state index in [4.69, 9.17) is 5.26 Å². The fraction of sp³-hybridized carbons (Fsp3) is 0.625. The highest BCUT2D eigenvalue weighted by Crippen LogP contribution is 2.15. The van der Waals surface area contributed by atoms with Crippen molar-refractivity contribution in [1.29, 1.82) is 5.26 Å². The number of nitrogens with zero attached hydrogens (tertiary/aromatic N) is 2. The molecule has 0 saturated carbocycles. The normalized spacial score (nSPS) is 10.9. The molecule has 0 fully saturated rings. The van der Waals surface area contributed by atoms with Crippen LogP contribution >= 0.6 is 11.8 Å². The lowest BCUT2D eigenvalue weighted by molar-refractivity contribution is 0.563. The predicted octanol–water partition coefficient (Wildman–Crippen LogP) is 2.06. The van der Waals surface area contributed by atoms with Gasteiger partial charge in [-0.05, 0) is 12.2 Å². The first-order valence-electron chi connectivity index (χ1n) is 3.61. The van der Waals surface area contributed by atoms with E-state index >= 15 is 0 Å². The van der Waals surface area contributed by atoms with Crippen molar-refractivity contribution in [2.45, 2.75) is 13.3 Å². The van der Waals surface area contributed by atoms with E-state index in [1.165, 1.54) is 0 Å². The predicted molar refractivity (Wildman–Crippen MR) is 50.1 cm³/mol. The van der Waals surface area contributed by atoms with E-state index in [1.807, 2.05) is 25.2 Å². The molecule has 0 spiro atoms. The molecule has 0 aliphatic carbocycles. The minimum absolute atomic E-state index is 0.789. The molecular weight excluding hydrogens is 156 g/mol. The lowest BCUT2D eigenvalue weighted by Gasteiger charge is -2.04. The molecule has 3 heteroatoms. The summed E-state index contributed by atoms with van der Waals surface area (Å²) in [5.41, 5.74) is 0. The Hall–Kier alpha value is -0.620. The van der Waals surface area contributed by atoms with E-state index in [-0.39, 0.29) is 0 Å². The Morgan fingerprint density at radius 3 is 2.64 bits per heavy atom. The Bertz CT molecular complexity index is 167. The van der Waals surface area contributed by atoms with Gasteiger partial charge in [0.2, 0.25) is 0 Å². The minimum atomic E-state index is 0.789. The van der Waals surface area contributed by atoms with Gasteiger partial charge in [0.25, 0.3) is 0 Å². The van der Waals surface area contributed by atoms with E-state index in [0.717, 1.165) is 17.1 Å². The summed E-state index contributed by atoms with van der Waals surface area (Å²) in [6.07, 6.45) is 2.96. The van der Waals surface area contributed by atoms with Crippen LogP contribution in [0.1, 0.15) is 13.3 Å². The Labute approximate surface area is 72.9 Å². The average molecular weight is 170 g/mol. The van der Waals surface area contributed by atoms with Crippen LogP contribution in [0.15, 0.2) is 11.1 Å². The molecule has 0 bridgehead atoms. The molecule has 0 N–H and O–H groups in total. The summed E-state index contributed by atoms with van der Waals surface area (Å²) in [4.78, 5) is 2.68. The largest absolute Gasteiger partial charge is 0.382 e. The molecule has 0 aliphatic rings. The summed E-state index contributed by atoms with van der Waals surface area (Å²) in [7, 11) is 3.84. The number of thioether (sulfide) groups is 1. The van der Waals surface area contributed by atoms with Crippen molar-refractivity contribution in [1.82, 2.24) is 4.90 Å². The second kappa shape index (κ2) is 6.11. The van der Waals surface area contributed by atoms with Crippen molar-refractivity contribution >= 4 is 11.8 Å². The molecule has 0 rings (SSSR count). The fourth-order valence-electron chi connectivity index (χ4n) is 0.545. The van der Waals surface area contributed by atoms with Crippen LogP contribution < -0.4 is 0 Å². The van der Waals surface area contributed by atoms with Crippen LogP contribution in [-0.4, -0.2) is 24.7 Å². The summed E-state index contributed by atoms with van der Waals surface area (Å²) >= 11 is 1.61. The highest BCUT2D eigenvalue weighted by molar-refractivity contribution is 8.03. The number of rotatable bonds is 4. The molecule has 0 aromatic carbocycles. The van der Waals surface area contributed by atoms with E-state index in [2.05, 4.69) is 13.0 Å². The Balaban J connectivity index is 3.87. The van der Waals surface area contributed by atoms with Gasteiger partial charge < -0.3 is 4.90 Å². The maximum absolute atomic E-state index is 8.64. The maximum Gasteiger partial charge on any atom is 0.108 e. The smallest absolute Gasteiger partial charge is 0.108 e. The van der Waals surface area contributed by atoms with Crippen molar-refractivity contribution in [3.05, 3.63) is 11.1 Å². The van der Waals surface area contributed by atoms with Gasteiger partial charge in [0.05, 0.1) is 0 Å². The maximum atomic E-state index is 8.64. The molecule has 0 amide bonds. The van der Waals surface area contributed by atoms with Gasteiger partial charge in [-0.1, -0.05) is 6.92 Å². The van der Waals surface area contributed by atoms with E-state index in [9.17, 15) is 0 Å². The summed E-state index contributed by atoms with van der Waals surface area (Å²) in [5, 5.41) is 8.64. The number of allylic oxidation sites excluding steroid dienone is 1. The second-order valence-corrected chi connectivity index (χ2v) is 3.55. The van der Waals surface area contributed by atoms with Crippen LogP contribution in [0.4, 0.5) is 0 Å². The molecule has 0 aromatic rings. The van der Waals surface area contributed by atoms with Crippen LogP contribution in [-0.2, 0) is 0 Å². The van der Waals surface area contributed by atoms with Crippen molar-refractivity contribution in [2.24, 2.45) is 0 Å². The fourth-order valence-corrected chi connectivity index (χ4v) is 1.32. The monoisotopic (exact) mass is 170 g/mol. The minimum Gasteiger partial charge on any atom is -0.382 e. The van der Waals surface area contributed by atoms with Gasteiger partial charge in [-0.3, -0.25) is 0 Å². The van der Waals surface area contributed by atoms with Crippen LogP contribution in [0.3, 0.4) is 0 Å². The molecule has 0 radical (unpaired) electrons. The quantitative estimate of drug-likeness (QED) is 0.604. The topological polar surface area (TPSA) is 27.0 Å². The van der Waals surface area contributed by atoms with Crippen molar-refractivity contribution in [3.63, 3.8) is 0 Å². The number of hydrogen-bond acceptors (Lipinski definition) is 3. The van der Waals surface area contributed by atoms with Gasteiger partial charge in [0.1, 0.15) is 11.0 Å². The first-order valence-corrected chi connectivity index (χ1v) is 4.60. The average Bonchev–Trinajstić information content (AvgIpc) is 1.97. The summed E-state index contributed by atoms with van der Waals surface area (Å²) in [6, 6.07) is 2.15. The lowest BCUT2D eigenvalue weighted by atomic mass is 10.6. The van der Waals surface area contributed by atoms with Gasteiger partial charge in [0, 0.05) is 20.3 Å². The van der Waals surface area contributed by atoms with Crippen molar-refractivity contribution in [3.8, 4) is 6.07 Å². The standard InChI is InChI=1S/C8H14N2S/c1-4-5-11-8(6-9)7-10(2)3/h7H,4-5H2,1-3H3/b8-7+. The second-order valence-electron chi connectivity index (χ2n) is 2.42. The molecule has 2 nitrogen and oxygen atoms in total. The summed E-state index contributed by atoms with van der Waals surface area (Å²) < 4.78 is 0. The van der Waals surface area contributed by atoms with Gasteiger partial charge >= 0.3 is 0 Å². The molecular formula is C8H14N2S. The SMILES string of the molecule is CCCS/C(C#N)=C/N(C)C. The van der Waals surface area contributed by atoms with Crippen LogP contribution in [0, 0.1) is 11.3 Å². The molecule has 0 unspecified atom stereocenters. The lowest BCUT2D eigenvalue weighted by Crippen LogP contribution is -2.01. The van der Waals surface area contributed by atoms with E-state index in [0.29, 0.717) is 0 Å². The Morgan fingerprint density at radius 1 is 1.64 bits per heavy atom. The first-order chi connectivity index (χ1) is 5.20. The molecule has 0 heterocycles. The number of nitriles is 1. The molecule has 11 heavy (non-hydrogen) atoms. The molecule has 0 saturated heterocycles. The third-order valence-electron chi connectivity index (χ3n) is 0.947. The van der Waals surface area contributed by atoms with Gasteiger partial charge in [-0.25, -0.2) is 0 Å². The Kier molecular flexibility index (Phi) is 5.77. The highest BCUT2D eigenvalue weighted by Gasteiger charge is 1.94. The zero-order valence-electron chi connectivity index (χ0n) is 7.29. The third kappa shape index (κ3) is 5.81. The van der Waals surface area contributed by atoms with Gasteiger partial charge in [-0.15, -0.1) is 11.8 Å². The van der Waals surface area contributed by atoms with E-state index in [1.54, 1.807) is 11.8 Å². The Morgan fingerprint density at radius 2 is 2.27 bits per heavy atom. The number of hydrogen-bond donors (Lipinski definition) is 0. The van der Waals surface area contributed by atoms with Gasteiger partial charge in [0.15, 0.2) is 0 Å². The molecule has 0 aliphatic heterocycles. The van der Waals surface area contributed by atoms with E-state index < -0.39 is 0 Å². The van der Waals surface area contributed by atoms with Crippen LogP contribution in [0.25, 0.3) is 0 Å². The van der Waals surface area contributed by atoms with Crippen LogP contribution in [0.5, 0.6) is 0 Å². The summed E-state index contributed by atoms with van der Waals surface area (Å²) in [5.74, 6) is 1.02. The molecule has 0 atom stereocenters. The third-order valence-corrected chi connectivity index (χ3v) is 2.07. The van der Waals surface area contributed by atoms with Crippen LogP contribution in [0.2, 0.25) is 0 Å². The molecule has 62 valence electrons. The zero-order valence-corrected chi connectivity index (χ0v) is 8.11. The van der Waals surface area contributed by atoms with Crippen molar-refractivity contribution in [2.75, 3.05) is 19.8 Å². The van der Waals surface area contributed by atoms with Crippen molar-refractivity contribution < 1.29 is 0 Å².